The molecule has 0 aromatic heterocycles. The Labute approximate surface area is 209 Å². The van der Waals surface area contributed by atoms with E-state index in [1.165, 1.54) is 29.2 Å². The van der Waals surface area contributed by atoms with E-state index in [0.717, 1.165) is 18.4 Å². The van der Waals surface area contributed by atoms with Gasteiger partial charge in [0.25, 0.3) is 5.69 Å². The number of rotatable bonds is 5. The largest absolute Gasteiger partial charge is 0.341 e. The van der Waals surface area contributed by atoms with E-state index in [1.807, 2.05) is 29.2 Å². The highest BCUT2D eigenvalue weighted by Gasteiger charge is 2.36. The van der Waals surface area contributed by atoms with Gasteiger partial charge in [-0.3, -0.25) is 19.7 Å². The number of hydrogen-bond acceptors (Lipinski definition) is 5. The number of nitro benzene ring substituents is 1. The van der Waals surface area contributed by atoms with E-state index in [0.29, 0.717) is 30.9 Å². The second-order valence-electron chi connectivity index (χ2n) is 10.1. The molecule has 0 radical (unpaired) electrons. The van der Waals surface area contributed by atoms with Gasteiger partial charge in [-0.15, -0.1) is 0 Å². The molecule has 2 N–H and O–H groups in total. The van der Waals surface area contributed by atoms with Gasteiger partial charge in [0.1, 0.15) is 12.6 Å². The van der Waals surface area contributed by atoms with Crippen molar-refractivity contribution in [2.45, 2.75) is 45.6 Å². The highest BCUT2D eigenvalue weighted by Crippen LogP contribution is 2.31. The molecule has 0 unspecified atom stereocenters. The number of non-ortho nitro benzene ring substituents is 1. The summed E-state index contributed by atoms with van der Waals surface area (Å²) in [6, 6.07) is 3.94. The van der Waals surface area contributed by atoms with Crippen LogP contribution in [-0.4, -0.2) is 58.2 Å². The van der Waals surface area contributed by atoms with Crippen molar-refractivity contribution in [1.29, 1.82) is 0 Å². The molecule has 3 aliphatic rings. The first-order chi connectivity index (χ1) is 17.1. The molecule has 2 heterocycles. The fraction of sp³-hybridized carbons (Fsp3) is 0.423. The zero-order valence-corrected chi connectivity index (χ0v) is 20.5. The van der Waals surface area contributed by atoms with Crippen molar-refractivity contribution >= 4 is 29.2 Å². The Morgan fingerprint density at radius 1 is 1.22 bits per heavy atom. The van der Waals surface area contributed by atoms with Gasteiger partial charge in [-0.2, -0.15) is 0 Å². The fourth-order valence-electron chi connectivity index (χ4n) is 4.83. The molecular weight excluding hydrogens is 462 g/mol. The molecule has 0 saturated carbocycles. The SMILES string of the molecule is CC1(C)CCCN(C(=O)CN2C(=O)[C@H](NC(=O)Nc3ccc([N+](=O)[O-])cc3)CC=C3CC=CC=C32)C1. The average Bonchev–Trinajstić information content (AvgIpc) is 2.96. The average molecular weight is 494 g/mol. The zero-order chi connectivity index (χ0) is 25.9. The van der Waals surface area contributed by atoms with Crippen molar-refractivity contribution < 1.29 is 19.3 Å². The number of fused-ring (bicyclic) bond motifs is 1. The van der Waals surface area contributed by atoms with Crippen molar-refractivity contribution in [3.8, 4) is 0 Å². The number of anilines is 1. The van der Waals surface area contributed by atoms with Crippen LogP contribution in [0.5, 0.6) is 0 Å². The van der Waals surface area contributed by atoms with Crippen molar-refractivity contribution in [2.75, 3.05) is 25.0 Å². The maximum absolute atomic E-state index is 13.6. The Morgan fingerprint density at radius 3 is 2.67 bits per heavy atom. The number of allylic oxidation sites excluding steroid dienone is 4. The first kappa shape index (κ1) is 25.2. The molecule has 1 aliphatic carbocycles. The minimum Gasteiger partial charge on any atom is -0.341 e. The summed E-state index contributed by atoms with van der Waals surface area (Å²) in [5, 5.41) is 16.2. The van der Waals surface area contributed by atoms with E-state index in [-0.39, 0.29) is 35.9 Å². The maximum Gasteiger partial charge on any atom is 0.319 e. The molecule has 4 amide bonds. The van der Waals surface area contributed by atoms with Crippen molar-refractivity contribution in [2.24, 2.45) is 5.41 Å². The number of hydrogen-bond donors (Lipinski definition) is 2. The van der Waals surface area contributed by atoms with Crippen LogP contribution in [0.1, 0.15) is 39.5 Å². The van der Waals surface area contributed by atoms with Crippen molar-refractivity contribution in [3.63, 3.8) is 0 Å². The molecule has 10 heteroatoms. The number of carbonyl (C=O) groups excluding carboxylic acids is 3. The molecular formula is C26H31N5O5. The van der Waals surface area contributed by atoms with Crippen LogP contribution in [0.4, 0.5) is 16.2 Å². The van der Waals surface area contributed by atoms with E-state index in [9.17, 15) is 24.5 Å². The molecule has 1 saturated heterocycles. The number of piperidine rings is 1. The van der Waals surface area contributed by atoms with Crippen molar-refractivity contribution in [1.82, 2.24) is 15.1 Å². The molecule has 1 fully saturated rings. The highest BCUT2D eigenvalue weighted by atomic mass is 16.6. The highest BCUT2D eigenvalue weighted by molar-refractivity contribution is 5.96. The molecule has 0 spiro atoms. The third kappa shape index (κ3) is 5.81. The monoisotopic (exact) mass is 493 g/mol. The first-order valence-corrected chi connectivity index (χ1v) is 12.1. The van der Waals surface area contributed by atoms with Crippen LogP contribution in [0, 0.1) is 15.5 Å². The van der Waals surface area contributed by atoms with Gasteiger partial charge in [0.15, 0.2) is 0 Å². The van der Waals surface area contributed by atoms with Gasteiger partial charge in [0.05, 0.1) is 4.92 Å². The summed E-state index contributed by atoms with van der Waals surface area (Å²) in [5.74, 6) is -0.465. The number of carbonyl (C=O) groups is 3. The lowest BCUT2D eigenvalue weighted by Gasteiger charge is -2.39. The number of benzene rings is 1. The Bertz CT molecular complexity index is 1150. The van der Waals surface area contributed by atoms with Gasteiger partial charge >= 0.3 is 6.03 Å². The molecule has 36 heavy (non-hydrogen) atoms. The summed E-state index contributed by atoms with van der Waals surface area (Å²) < 4.78 is 0. The van der Waals surface area contributed by atoms with Gasteiger partial charge in [0, 0.05) is 36.6 Å². The number of nitro groups is 1. The predicted octanol–water partition coefficient (Wildman–Crippen LogP) is 3.74. The van der Waals surface area contributed by atoms with Crippen LogP contribution in [-0.2, 0) is 9.59 Å². The number of amides is 4. The molecule has 1 aromatic rings. The molecule has 190 valence electrons. The molecule has 1 aromatic carbocycles. The van der Waals surface area contributed by atoms with Gasteiger partial charge < -0.3 is 20.4 Å². The summed E-state index contributed by atoms with van der Waals surface area (Å²) in [6.07, 6.45) is 10.5. The Balaban J connectivity index is 1.48. The second kappa shape index (κ2) is 10.3. The van der Waals surface area contributed by atoms with Crippen LogP contribution in [0.25, 0.3) is 0 Å². The maximum atomic E-state index is 13.6. The third-order valence-corrected chi connectivity index (χ3v) is 6.70. The Kier molecular flexibility index (Phi) is 7.23. The molecule has 4 rings (SSSR count). The number of urea groups is 1. The second-order valence-corrected chi connectivity index (χ2v) is 10.1. The molecule has 2 aliphatic heterocycles. The zero-order valence-electron chi connectivity index (χ0n) is 20.5. The van der Waals surface area contributed by atoms with Gasteiger partial charge in [-0.25, -0.2) is 4.79 Å². The summed E-state index contributed by atoms with van der Waals surface area (Å²) in [4.78, 5) is 53.1. The Morgan fingerprint density at radius 2 is 1.97 bits per heavy atom. The standard InChI is InChI=1S/C26H31N5O5/c1-26(2)14-5-15-29(17-26)23(32)16-30-22-7-4-3-6-18(22)8-13-21(24(30)33)28-25(34)27-19-9-11-20(12-10-19)31(35)36/h3-4,7-12,21H,5-6,13-17H2,1-2H3,(H2,27,28,34)/t21-/m1/s1. The lowest BCUT2D eigenvalue weighted by Crippen LogP contribution is -2.52. The van der Waals surface area contributed by atoms with Crippen LogP contribution in [0.15, 0.2) is 59.8 Å². The fourth-order valence-corrected chi connectivity index (χ4v) is 4.83. The van der Waals surface area contributed by atoms with E-state index in [1.54, 1.807) is 0 Å². The van der Waals surface area contributed by atoms with Crippen LogP contribution in [0.3, 0.4) is 0 Å². The van der Waals surface area contributed by atoms with Crippen LogP contribution >= 0.6 is 0 Å². The van der Waals surface area contributed by atoms with E-state index in [4.69, 9.17) is 0 Å². The van der Waals surface area contributed by atoms with Gasteiger partial charge in [-0.05, 0) is 54.9 Å². The Hall–Kier alpha value is -3.95. The molecule has 0 bridgehead atoms. The quantitative estimate of drug-likeness (QED) is 0.478. The number of nitrogens with one attached hydrogen (secondary N) is 2. The lowest BCUT2D eigenvalue weighted by molar-refractivity contribution is -0.384. The summed E-state index contributed by atoms with van der Waals surface area (Å²) in [5.41, 5.74) is 1.94. The van der Waals surface area contributed by atoms with E-state index in [2.05, 4.69) is 24.5 Å². The summed E-state index contributed by atoms with van der Waals surface area (Å²) in [6.45, 7) is 5.51. The van der Waals surface area contributed by atoms with Gasteiger partial charge in [-0.1, -0.05) is 32.1 Å². The normalized spacial score (nSPS) is 21.1. The smallest absolute Gasteiger partial charge is 0.319 e. The van der Waals surface area contributed by atoms with Crippen molar-refractivity contribution in [3.05, 3.63) is 70.0 Å². The van der Waals surface area contributed by atoms with E-state index < -0.39 is 17.0 Å². The summed E-state index contributed by atoms with van der Waals surface area (Å²) in [7, 11) is 0. The number of nitrogens with zero attached hydrogens (tertiary/aromatic N) is 3. The van der Waals surface area contributed by atoms with Gasteiger partial charge in [0.2, 0.25) is 11.8 Å². The lowest BCUT2D eigenvalue weighted by atomic mass is 9.84. The molecule has 10 nitrogen and oxygen atoms in total. The molecule has 1 atom stereocenters. The topological polar surface area (TPSA) is 125 Å². The number of likely N-dealkylation sites (tertiary alicyclic amines) is 1. The minimum absolute atomic E-state index is 0.0364. The van der Waals surface area contributed by atoms with Crippen LogP contribution < -0.4 is 10.6 Å². The first-order valence-electron chi connectivity index (χ1n) is 12.1. The third-order valence-electron chi connectivity index (χ3n) is 6.70. The predicted molar refractivity (Wildman–Crippen MR) is 135 cm³/mol. The van der Waals surface area contributed by atoms with E-state index >= 15 is 0 Å². The summed E-state index contributed by atoms with van der Waals surface area (Å²) >= 11 is 0. The minimum atomic E-state index is -0.868. The van der Waals surface area contributed by atoms with Crippen LogP contribution in [0.2, 0.25) is 0 Å².